The Morgan fingerprint density at radius 1 is 1.29 bits per heavy atom. The van der Waals surface area contributed by atoms with Gasteiger partial charge in [0.05, 0.1) is 0 Å². The lowest BCUT2D eigenvalue weighted by Crippen LogP contribution is -2.35. The summed E-state index contributed by atoms with van der Waals surface area (Å²) in [6, 6.07) is 0. The molecule has 14 heavy (non-hydrogen) atoms. The molecular formula is C10H16O4. The van der Waals surface area contributed by atoms with Crippen LogP contribution >= 0.6 is 0 Å². The Hall–Kier alpha value is -1.06. The summed E-state index contributed by atoms with van der Waals surface area (Å²) in [5.41, 5.74) is 0. The van der Waals surface area contributed by atoms with E-state index < -0.39 is 0 Å². The third-order valence-corrected chi connectivity index (χ3v) is 2.44. The second kappa shape index (κ2) is 4.98. The van der Waals surface area contributed by atoms with E-state index in [1.165, 1.54) is 20.3 Å². The standard InChI is InChI=1S/C10H16O4/c1-7(11)13-6-10(14-8(2)12)9-4-3-5-9/h9-10H,3-6H2,1-2H3. The molecule has 80 valence electrons. The van der Waals surface area contributed by atoms with Gasteiger partial charge in [-0.15, -0.1) is 0 Å². The minimum absolute atomic E-state index is 0.194. The smallest absolute Gasteiger partial charge is 0.303 e. The summed E-state index contributed by atoms with van der Waals surface area (Å²) in [7, 11) is 0. The Morgan fingerprint density at radius 2 is 1.93 bits per heavy atom. The summed E-state index contributed by atoms with van der Waals surface area (Å²) in [6.07, 6.45) is 3.03. The van der Waals surface area contributed by atoms with Gasteiger partial charge in [-0.1, -0.05) is 6.42 Å². The summed E-state index contributed by atoms with van der Waals surface area (Å²) in [5.74, 6) is -0.270. The predicted molar refractivity (Wildman–Crippen MR) is 49.5 cm³/mol. The van der Waals surface area contributed by atoms with Crippen molar-refractivity contribution < 1.29 is 19.1 Å². The van der Waals surface area contributed by atoms with Crippen molar-refractivity contribution in [1.29, 1.82) is 0 Å². The molecule has 0 aliphatic heterocycles. The van der Waals surface area contributed by atoms with Gasteiger partial charge in [0.2, 0.25) is 0 Å². The first-order valence-electron chi connectivity index (χ1n) is 4.90. The van der Waals surface area contributed by atoms with Crippen molar-refractivity contribution in [1.82, 2.24) is 0 Å². The van der Waals surface area contributed by atoms with Crippen LogP contribution in [0.25, 0.3) is 0 Å². The van der Waals surface area contributed by atoms with E-state index in [0.29, 0.717) is 5.92 Å². The number of ether oxygens (including phenoxy) is 2. The van der Waals surface area contributed by atoms with Gasteiger partial charge in [0, 0.05) is 13.8 Å². The maximum Gasteiger partial charge on any atom is 0.303 e. The zero-order chi connectivity index (χ0) is 10.6. The average Bonchev–Trinajstić information content (AvgIpc) is 1.95. The Morgan fingerprint density at radius 3 is 2.29 bits per heavy atom. The molecule has 1 saturated carbocycles. The molecule has 1 aliphatic carbocycles. The van der Waals surface area contributed by atoms with E-state index in [1.807, 2.05) is 0 Å². The van der Waals surface area contributed by atoms with Crippen LogP contribution in [0.4, 0.5) is 0 Å². The molecule has 0 N–H and O–H groups in total. The summed E-state index contributed by atoms with van der Waals surface area (Å²) < 4.78 is 9.93. The topological polar surface area (TPSA) is 52.6 Å². The monoisotopic (exact) mass is 200 g/mol. The molecule has 1 aliphatic rings. The fraction of sp³-hybridized carbons (Fsp3) is 0.800. The molecule has 0 aromatic rings. The quantitative estimate of drug-likeness (QED) is 0.641. The number of hydrogen-bond acceptors (Lipinski definition) is 4. The molecule has 0 aromatic carbocycles. The van der Waals surface area contributed by atoms with E-state index in [2.05, 4.69) is 0 Å². The highest BCUT2D eigenvalue weighted by Crippen LogP contribution is 2.31. The first-order valence-corrected chi connectivity index (χ1v) is 4.90. The van der Waals surface area contributed by atoms with Crippen LogP contribution in [0, 0.1) is 5.92 Å². The van der Waals surface area contributed by atoms with Crippen LogP contribution < -0.4 is 0 Å². The van der Waals surface area contributed by atoms with Gasteiger partial charge >= 0.3 is 11.9 Å². The van der Waals surface area contributed by atoms with Crippen molar-refractivity contribution in [3.63, 3.8) is 0 Å². The first-order chi connectivity index (χ1) is 6.59. The maximum atomic E-state index is 10.8. The van der Waals surface area contributed by atoms with Gasteiger partial charge in [-0.25, -0.2) is 0 Å². The van der Waals surface area contributed by atoms with Gasteiger partial charge in [-0.05, 0) is 18.8 Å². The molecule has 0 amide bonds. The Kier molecular flexibility index (Phi) is 3.92. The molecule has 0 bridgehead atoms. The van der Waals surface area contributed by atoms with Gasteiger partial charge in [-0.2, -0.15) is 0 Å². The highest BCUT2D eigenvalue weighted by molar-refractivity contribution is 5.67. The zero-order valence-electron chi connectivity index (χ0n) is 8.62. The highest BCUT2D eigenvalue weighted by atomic mass is 16.6. The van der Waals surface area contributed by atoms with Crippen LogP contribution in [0.15, 0.2) is 0 Å². The van der Waals surface area contributed by atoms with Crippen molar-refractivity contribution in [2.24, 2.45) is 5.92 Å². The molecule has 0 radical (unpaired) electrons. The second-order valence-corrected chi connectivity index (χ2v) is 3.64. The summed E-state index contributed by atoms with van der Waals surface area (Å²) in [6.45, 7) is 2.92. The number of carbonyl (C=O) groups excluding carboxylic acids is 2. The number of rotatable bonds is 4. The van der Waals surface area contributed by atoms with Crippen LogP contribution in [-0.4, -0.2) is 24.6 Å². The van der Waals surface area contributed by atoms with Crippen molar-refractivity contribution in [3.05, 3.63) is 0 Å². The summed E-state index contributed by atoms with van der Waals surface area (Å²) in [4.78, 5) is 21.4. The molecule has 1 unspecified atom stereocenters. The normalized spacial score (nSPS) is 18.1. The second-order valence-electron chi connectivity index (χ2n) is 3.64. The molecule has 4 nitrogen and oxygen atoms in total. The Balaban J connectivity index is 2.35. The highest BCUT2D eigenvalue weighted by Gasteiger charge is 2.30. The van der Waals surface area contributed by atoms with Gasteiger partial charge in [0.1, 0.15) is 12.7 Å². The Labute approximate surface area is 83.6 Å². The van der Waals surface area contributed by atoms with Gasteiger partial charge in [0.25, 0.3) is 0 Å². The van der Waals surface area contributed by atoms with E-state index >= 15 is 0 Å². The minimum Gasteiger partial charge on any atom is -0.462 e. The van der Waals surface area contributed by atoms with Crippen LogP contribution in [0.2, 0.25) is 0 Å². The van der Waals surface area contributed by atoms with Crippen LogP contribution in [0.3, 0.4) is 0 Å². The molecule has 0 heterocycles. The lowest BCUT2D eigenvalue weighted by Gasteiger charge is -2.32. The van der Waals surface area contributed by atoms with Crippen molar-refractivity contribution in [2.45, 2.75) is 39.2 Å². The van der Waals surface area contributed by atoms with Crippen molar-refractivity contribution in [3.8, 4) is 0 Å². The van der Waals surface area contributed by atoms with Crippen LogP contribution in [0.1, 0.15) is 33.1 Å². The number of esters is 2. The third kappa shape index (κ3) is 3.36. The van der Waals surface area contributed by atoms with Crippen LogP contribution in [-0.2, 0) is 19.1 Å². The number of hydrogen-bond donors (Lipinski definition) is 0. The van der Waals surface area contributed by atoms with Crippen molar-refractivity contribution >= 4 is 11.9 Å². The SMILES string of the molecule is CC(=O)OCC(OC(C)=O)C1CCC1. The zero-order valence-corrected chi connectivity index (χ0v) is 8.62. The third-order valence-electron chi connectivity index (χ3n) is 2.44. The van der Waals surface area contributed by atoms with E-state index in [1.54, 1.807) is 0 Å². The maximum absolute atomic E-state index is 10.8. The first kappa shape index (κ1) is 11.0. The predicted octanol–water partition coefficient (Wildman–Crippen LogP) is 1.28. The molecule has 1 rings (SSSR count). The van der Waals surface area contributed by atoms with Gasteiger partial charge < -0.3 is 9.47 Å². The molecular weight excluding hydrogens is 184 g/mol. The molecule has 4 heteroatoms. The lowest BCUT2D eigenvalue weighted by molar-refractivity contribution is -0.161. The molecule has 0 aromatic heterocycles. The fourth-order valence-corrected chi connectivity index (χ4v) is 1.49. The van der Waals surface area contributed by atoms with E-state index in [4.69, 9.17) is 9.47 Å². The number of carbonyl (C=O) groups is 2. The van der Waals surface area contributed by atoms with E-state index in [-0.39, 0.29) is 24.6 Å². The van der Waals surface area contributed by atoms with Gasteiger partial charge in [0.15, 0.2) is 0 Å². The van der Waals surface area contributed by atoms with Gasteiger partial charge in [-0.3, -0.25) is 9.59 Å². The molecule has 0 spiro atoms. The van der Waals surface area contributed by atoms with E-state index in [9.17, 15) is 9.59 Å². The van der Waals surface area contributed by atoms with E-state index in [0.717, 1.165) is 12.8 Å². The fourth-order valence-electron chi connectivity index (χ4n) is 1.49. The molecule has 1 atom stereocenters. The average molecular weight is 200 g/mol. The molecule has 0 saturated heterocycles. The van der Waals surface area contributed by atoms with Crippen molar-refractivity contribution in [2.75, 3.05) is 6.61 Å². The largest absolute Gasteiger partial charge is 0.462 e. The molecule has 1 fully saturated rings. The summed E-state index contributed by atoms with van der Waals surface area (Å²) >= 11 is 0. The Bertz CT molecular complexity index is 220. The van der Waals surface area contributed by atoms with Crippen LogP contribution in [0.5, 0.6) is 0 Å². The minimum atomic E-state index is -0.332. The lowest BCUT2D eigenvalue weighted by atomic mass is 9.81. The summed E-state index contributed by atoms with van der Waals surface area (Å²) in [5, 5.41) is 0.